The van der Waals surface area contributed by atoms with Crippen LogP contribution in [0.3, 0.4) is 0 Å². The van der Waals surface area contributed by atoms with Crippen molar-refractivity contribution in [2.45, 2.75) is 6.42 Å². The third-order valence-corrected chi connectivity index (χ3v) is 4.16. The van der Waals surface area contributed by atoms with Gasteiger partial charge in [0.25, 0.3) is 0 Å². The molecular weight excluding hydrogens is 418 g/mol. The predicted molar refractivity (Wildman–Crippen MR) is 93.1 cm³/mol. The van der Waals surface area contributed by atoms with E-state index >= 15 is 0 Å². The van der Waals surface area contributed by atoms with Gasteiger partial charge in [0, 0.05) is 0 Å². The summed E-state index contributed by atoms with van der Waals surface area (Å²) in [5.41, 5.74) is 5.51. The van der Waals surface area contributed by atoms with E-state index in [1.807, 2.05) is 6.07 Å². The van der Waals surface area contributed by atoms with Gasteiger partial charge in [0.1, 0.15) is 0 Å². The zero-order chi connectivity index (χ0) is 14.8. The predicted octanol–water partition coefficient (Wildman–Crippen LogP) is -3.37. The summed E-state index contributed by atoms with van der Waals surface area (Å²) in [5.74, 6) is 0. The van der Waals surface area contributed by atoms with Crippen molar-refractivity contribution in [1.82, 2.24) is 0 Å². The maximum absolute atomic E-state index is 3.30. The van der Waals surface area contributed by atoms with Crippen molar-refractivity contribution < 1.29 is 58.9 Å². The van der Waals surface area contributed by atoms with Crippen molar-refractivity contribution in [2.75, 3.05) is 0 Å². The minimum absolute atomic E-state index is 0. The van der Waals surface area contributed by atoms with E-state index in [0.29, 0.717) is 0 Å². The maximum atomic E-state index is 3.30. The first-order chi connectivity index (χ1) is 10.9. The Morgan fingerprint density at radius 1 is 0.731 bits per heavy atom. The molecule has 4 aromatic carbocycles. The summed E-state index contributed by atoms with van der Waals surface area (Å²) in [7, 11) is 0. The van der Waals surface area contributed by atoms with Gasteiger partial charge in [-0.25, -0.2) is 0 Å². The van der Waals surface area contributed by atoms with E-state index in [1.165, 1.54) is 33.0 Å². The molecule has 0 aromatic heterocycles. The number of rotatable bonds is 0. The second-order valence-electron chi connectivity index (χ2n) is 5.55. The van der Waals surface area contributed by atoms with Gasteiger partial charge in [-0.3, -0.25) is 0 Å². The van der Waals surface area contributed by atoms with Gasteiger partial charge in [-0.05, 0) is 6.42 Å². The van der Waals surface area contributed by atoms with Gasteiger partial charge in [0.05, 0.1) is 0 Å². The molecule has 0 N–H and O–H groups in total. The Hall–Kier alpha value is -1.15. The van der Waals surface area contributed by atoms with Gasteiger partial charge in [-0.1, -0.05) is 41.5 Å². The molecule has 0 heterocycles. The first-order valence-electron chi connectivity index (χ1n) is 7.60. The monoisotopic (exact) mass is 433 g/mol. The standard InChI is InChI=1S/C13H9.C9H7.3ClH.Ti/c1-3-7-12-10(5-1)9-11-6-2-4-8-13(11)12;1-2-5-9-7-3-6-8(9)4-1;;;;/h1-5,7-8H,9H2;1-7H;3*1H;/q2*-1;;;;+3/p-3. The van der Waals surface area contributed by atoms with E-state index in [2.05, 4.69) is 84.9 Å². The fourth-order valence-corrected chi connectivity index (χ4v) is 3.07. The van der Waals surface area contributed by atoms with Crippen LogP contribution in [0.4, 0.5) is 0 Å². The second kappa shape index (κ2) is 11.5. The largest absolute Gasteiger partial charge is 3.00 e. The summed E-state index contributed by atoms with van der Waals surface area (Å²) in [5, 5.41) is 2.66. The molecule has 0 amide bonds. The van der Waals surface area contributed by atoms with Crippen molar-refractivity contribution in [3.05, 3.63) is 102 Å². The summed E-state index contributed by atoms with van der Waals surface area (Å²) in [6, 6.07) is 32.8. The molecule has 4 aromatic rings. The van der Waals surface area contributed by atoms with E-state index in [1.54, 1.807) is 0 Å². The molecule has 0 spiro atoms. The van der Waals surface area contributed by atoms with Gasteiger partial charge < -0.3 is 37.2 Å². The van der Waals surface area contributed by atoms with Gasteiger partial charge in [-0.15, -0.1) is 35.2 Å². The first-order valence-corrected chi connectivity index (χ1v) is 7.60. The minimum atomic E-state index is 0. The summed E-state index contributed by atoms with van der Waals surface area (Å²) < 4.78 is 0. The first kappa shape index (κ1) is 24.9. The number of halogens is 3. The van der Waals surface area contributed by atoms with Crippen molar-refractivity contribution in [1.29, 1.82) is 0 Å². The van der Waals surface area contributed by atoms with Crippen LogP contribution in [0.15, 0.2) is 84.9 Å². The van der Waals surface area contributed by atoms with Crippen LogP contribution in [0.5, 0.6) is 0 Å². The summed E-state index contributed by atoms with van der Waals surface area (Å²) in [6.07, 6.45) is 1.05. The smallest absolute Gasteiger partial charge is 1.00 e. The third kappa shape index (κ3) is 5.19. The Kier molecular flexibility index (Phi) is 11.0. The number of hydrogen-bond donors (Lipinski definition) is 0. The van der Waals surface area contributed by atoms with Crippen LogP contribution in [0, 0.1) is 6.07 Å². The zero-order valence-electron chi connectivity index (χ0n) is 13.9. The van der Waals surface area contributed by atoms with E-state index in [9.17, 15) is 0 Å². The molecule has 131 valence electrons. The number of hydrogen-bond acceptors (Lipinski definition) is 0. The fourth-order valence-electron chi connectivity index (χ4n) is 3.07. The molecule has 0 bridgehead atoms. The molecule has 1 radical (unpaired) electrons. The van der Waals surface area contributed by atoms with Gasteiger partial charge in [-0.2, -0.15) is 47.3 Å². The average molecular weight is 435 g/mol. The van der Waals surface area contributed by atoms with E-state index in [0.717, 1.165) is 6.42 Å². The molecule has 0 unspecified atom stereocenters. The van der Waals surface area contributed by atoms with Crippen molar-refractivity contribution in [3.8, 4) is 11.1 Å². The fraction of sp³-hybridized carbons (Fsp3) is 0.0455. The van der Waals surface area contributed by atoms with Gasteiger partial charge in [0.2, 0.25) is 0 Å². The van der Waals surface area contributed by atoms with E-state index in [4.69, 9.17) is 0 Å². The van der Waals surface area contributed by atoms with Crippen molar-refractivity contribution in [2.24, 2.45) is 0 Å². The molecule has 26 heavy (non-hydrogen) atoms. The third-order valence-electron chi connectivity index (χ3n) is 4.16. The quantitative estimate of drug-likeness (QED) is 0.176. The number of fused-ring (bicyclic) bond motifs is 4. The second-order valence-corrected chi connectivity index (χ2v) is 5.55. The molecule has 4 heteroatoms. The Balaban J connectivity index is 0.000000436. The average Bonchev–Trinajstić information content (AvgIpc) is 3.19. The Bertz CT molecular complexity index is 857. The van der Waals surface area contributed by atoms with Crippen LogP contribution >= 0.6 is 0 Å². The molecule has 0 saturated carbocycles. The number of benzene rings is 3. The molecule has 1 aliphatic carbocycles. The topological polar surface area (TPSA) is 0 Å². The molecule has 0 saturated heterocycles. The SMILES string of the molecule is [Cl-].[Cl-].[Cl-].[Ti+3].[c-]1cccc2c1Cc1ccccc1-2.c1ccc2[cH-]ccc2c1. The van der Waals surface area contributed by atoms with Crippen LogP contribution in [0.1, 0.15) is 11.1 Å². The molecule has 0 atom stereocenters. The van der Waals surface area contributed by atoms with Crippen molar-refractivity contribution in [3.63, 3.8) is 0 Å². The molecule has 0 aliphatic heterocycles. The molecule has 0 fully saturated rings. The minimum Gasteiger partial charge on any atom is -1.00 e. The molecule has 5 rings (SSSR count). The van der Waals surface area contributed by atoms with Crippen LogP contribution in [0.2, 0.25) is 0 Å². The van der Waals surface area contributed by atoms with Crippen LogP contribution in [0.25, 0.3) is 21.9 Å². The van der Waals surface area contributed by atoms with Crippen LogP contribution in [-0.4, -0.2) is 0 Å². The van der Waals surface area contributed by atoms with Gasteiger partial charge >= 0.3 is 21.7 Å². The Morgan fingerprint density at radius 2 is 1.42 bits per heavy atom. The van der Waals surface area contributed by atoms with E-state index < -0.39 is 0 Å². The van der Waals surface area contributed by atoms with Crippen molar-refractivity contribution >= 4 is 10.8 Å². The normalized spacial score (nSPS) is 9.69. The van der Waals surface area contributed by atoms with E-state index in [-0.39, 0.29) is 58.9 Å². The summed E-state index contributed by atoms with van der Waals surface area (Å²) in [6.45, 7) is 0. The maximum Gasteiger partial charge on any atom is 3.00 e. The zero-order valence-corrected chi connectivity index (χ0v) is 17.8. The molecule has 1 aliphatic rings. The summed E-state index contributed by atoms with van der Waals surface area (Å²) >= 11 is 0. The Morgan fingerprint density at radius 3 is 2.23 bits per heavy atom. The van der Waals surface area contributed by atoms with Crippen LogP contribution in [-0.2, 0) is 28.1 Å². The van der Waals surface area contributed by atoms with Gasteiger partial charge in [0.15, 0.2) is 0 Å². The molecule has 0 nitrogen and oxygen atoms in total. The molecular formula is C22H16Cl3Ti-2. The Labute approximate surface area is 188 Å². The summed E-state index contributed by atoms with van der Waals surface area (Å²) in [4.78, 5) is 0. The van der Waals surface area contributed by atoms with Crippen LogP contribution < -0.4 is 37.2 Å².